The Morgan fingerprint density at radius 1 is 0.824 bits per heavy atom. The van der Waals surface area contributed by atoms with Gasteiger partial charge in [0.25, 0.3) is 5.91 Å². The van der Waals surface area contributed by atoms with E-state index in [0.717, 1.165) is 47.7 Å². The molecule has 1 aromatic heterocycles. The molecule has 0 fully saturated rings. The highest BCUT2D eigenvalue weighted by atomic mass is 32.2. The van der Waals surface area contributed by atoms with Crippen LogP contribution in [0.4, 0.5) is 22.7 Å². The molecule has 0 bridgehead atoms. The maximum atomic E-state index is 13.8. The summed E-state index contributed by atoms with van der Waals surface area (Å²) in [5.41, 5.74) is -0.342. The topological polar surface area (TPSA) is 98.2 Å². The van der Waals surface area contributed by atoms with E-state index in [1.165, 1.54) is 24.3 Å². The summed E-state index contributed by atoms with van der Waals surface area (Å²) in [7, 11) is -4.78. The van der Waals surface area contributed by atoms with Gasteiger partial charge in [-0.1, -0.05) is 23.5 Å². The van der Waals surface area contributed by atoms with E-state index in [4.69, 9.17) is 4.18 Å². The summed E-state index contributed by atoms with van der Waals surface area (Å²) in [4.78, 5) is 11.0. The molecule has 3 aromatic carbocycles. The summed E-state index contributed by atoms with van der Waals surface area (Å²) in [6, 6.07) is 10.8. The number of hydrogen-bond acceptors (Lipinski definition) is 7. The maximum absolute atomic E-state index is 13.8. The number of nitrogens with zero attached hydrogens (tertiary/aromatic N) is 2. The average Bonchev–Trinajstić information content (AvgIpc) is 3.22. The number of benzene rings is 3. The fourth-order valence-corrected chi connectivity index (χ4v) is 4.61. The number of aromatic nitrogens is 2. The van der Waals surface area contributed by atoms with Crippen LogP contribution in [0.3, 0.4) is 0 Å². The van der Waals surface area contributed by atoms with E-state index in [2.05, 4.69) is 15.5 Å². The van der Waals surface area contributed by atoms with Crippen LogP contribution in [0, 0.1) is 23.3 Å². The number of rotatable bonds is 6. The second-order valence-electron chi connectivity index (χ2n) is 6.58. The molecule has 7 nitrogen and oxygen atoms in total. The van der Waals surface area contributed by atoms with Crippen LogP contribution in [0.2, 0.25) is 0 Å². The zero-order valence-corrected chi connectivity index (χ0v) is 18.3. The Hall–Kier alpha value is -3.84. The molecular formula is C21H11F4N3O4S2. The van der Waals surface area contributed by atoms with Gasteiger partial charge in [-0.15, -0.1) is 10.2 Å². The minimum Gasteiger partial charge on any atom is -0.379 e. The SMILES string of the molecule is O=C(Nc1nnc(-c2ccc(OS(=O)(=O)c3c(F)cccc3F)cc2)s1)c1c(F)cccc1F. The first-order valence-corrected chi connectivity index (χ1v) is 11.5. The van der Waals surface area contributed by atoms with Gasteiger partial charge >= 0.3 is 10.1 Å². The van der Waals surface area contributed by atoms with Gasteiger partial charge in [0.15, 0.2) is 4.90 Å². The molecule has 34 heavy (non-hydrogen) atoms. The molecule has 0 atom stereocenters. The van der Waals surface area contributed by atoms with Crippen molar-refractivity contribution in [3.63, 3.8) is 0 Å². The Labute approximate surface area is 193 Å². The summed E-state index contributed by atoms with van der Waals surface area (Å²) < 4.78 is 84.4. The largest absolute Gasteiger partial charge is 0.379 e. The summed E-state index contributed by atoms with van der Waals surface area (Å²) in [6.07, 6.45) is 0. The third kappa shape index (κ3) is 4.75. The van der Waals surface area contributed by atoms with Gasteiger partial charge in [0.05, 0.1) is 0 Å². The molecule has 174 valence electrons. The van der Waals surface area contributed by atoms with E-state index in [1.807, 2.05) is 0 Å². The van der Waals surface area contributed by atoms with Crippen LogP contribution in [0.5, 0.6) is 5.75 Å². The number of carbonyl (C=O) groups excluding carboxylic acids is 1. The predicted octanol–water partition coefficient (Wildman–Crippen LogP) is 4.78. The van der Waals surface area contributed by atoms with Crippen LogP contribution in [-0.4, -0.2) is 24.5 Å². The Balaban J connectivity index is 1.49. The van der Waals surface area contributed by atoms with Crippen molar-refractivity contribution >= 4 is 32.5 Å². The number of halogens is 4. The van der Waals surface area contributed by atoms with Crippen LogP contribution in [0.25, 0.3) is 10.6 Å². The van der Waals surface area contributed by atoms with E-state index >= 15 is 0 Å². The third-order valence-corrected chi connectivity index (χ3v) is 6.50. The quantitative estimate of drug-likeness (QED) is 0.297. The zero-order chi connectivity index (χ0) is 24.5. The first-order chi connectivity index (χ1) is 16.2. The highest BCUT2D eigenvalue weighted by Crippen LogP contribution is 2.30. The van der Waals surface area contributed by atoms with Crippen LogP contribution in [0.15, 0.2) is 65.6 Å². The molecule has 1 heterocycles. The lowest BCUT2D eigenvalue weighted by atomic mass is 10.2. The number of amides is 1. The normalized spacial score (nSPS) is 11.3. The Morgan fingerprint density at radius 2 is 1.38 bits per heavy atom. The lowest BCUT2D eigenvalue weighted by Crippen LogP contribution is -2.15. The van der Waals surface area contributed by atoms with Gasteiger partial charge in [-0.05, 0) is 48.5 Å². The van der Waals surface area contributed by atoms with E-state index < -0.39 is 49.8 Å². The zero-order valence-electron chi connectivity index (χ0n) is 16.6. The van der Waals surface area contributed by atoms with Crippen LogP contribution in [0.1, 0.15) is 10.4 Å². The van der Waals surface area contributed by atoms with Gasteiger partial charge in [-0.25, -0.2) is 17.6 Å². The first-order valence-electron chi connectivity index (χ1n) is 9.23. The molecule has 1 N–H and O–H groups in total. The average molecular weight is 509 g/mol. The monoisotopic (exact) mass is 509 g/mol. The van der Waals surface area contributed by atoms with Crippen LogP contribution in [-0.2, 0) is 10.1 Å². The molecule has 1 amide bonds. The number of nitrogens with one attached hydrogen (secondary N) is 1. The van der Waals surface area contributed by atoms with Gasteiger partial charge in [0.1, 0.15) is 39.6 Å². The highest BCUT2D eigenvalue weighted by Gasteiger charge is 2.26. The van der Waals surface area contributed by atoms with Crippen molar-refractivity contribution in [1.29, 1.82) is 0 Å². The van der Waals surface area contributed by atoms with Crippen molar-refractivity contribution < 1.29 is 35.0 Å². The number of carbonyl (C=O) groups is 1. The lowest BCUT2D eigenvalue weighted by molar-refractivity contribution is 0.101. The molecule has 0 aliphatic heterocycles. The highest BCUT2D eigenvalue weighted by molar-refractivity contribution is 7.87. The minimum atomic E-state index is -4.78. The molecule has 0 radical (unpaired) electrons. The molecular weight excluding hydrogens is 498 g/mol. The van der Waals surface area contributed by atoms with Crippen molar-refractivity contribution in [3.05, 3.63) is 89.5 Å². The third-order valence-electron chi connectivity index (χ3n) is 4.31. The molecule has 13 heteroatoms. The molecule has 0 saturated heterocycles. The maximum Gasteiger partial charge on any atom is 0.345 e. The van der Waals surface area contributed by atoms with Gasteiger partial charge in [-0.2, -0.15) is 8.42 Å². The Kier molecular flexibility index (Phi) is 6.30. The smallest absolute Gasteiger partial charge is 0.345 e. The van der Waals surface area contributed by atoms with Crippen molar-refractivity contribution in [2.45, 2.75) is 4.90 Å². The fourth-order valence-electron chi connectivity index (χ4n) is 2.81. The Bertz CT molecular complexity index is 1450. The van der Waals surface area contributed by atoms with E-state index in [-0.39, 0.29) is 15.9 Å². The number of hydrogen-bond donors (Lipinski definition) is 1. The lowest BCUT2D eigenvalue weighted by Gasteiger charge is -2.08. The van der Waals surface area contributed by atoms with Gasteiger partial charge in [0.2, 0.25) is 5.13 Å². The van der Waals surface area contributed by atoms with Gasteiger partial charge in [-0.3, -0.25) is 10.1 Å². The second kappa shape index (κ2) is 9.19. The molecule has 4 aromatic rings. The molecule has 0 saturated carbocycles. The first kappa shape index (κ1) is 23.3. The second-order valence-corrected chi connectivity index (χ2v) is 9.04. The van der Waals surface area contributed by atoms with Gasteiger partial charge in [0, 0.05) is 5.56 Å². The van der Waals surface area contributed by atoms with Crippen molar-refractivity contribution in [3.8, 4) is 16.3 Å². The summed E-state index contributed by atoms with van der Waals surface area (Å²) in [6.45, 7) is 0. The van der Waals surface area contributed by atoms with E-state index in [1.54, 1.807) is 0 Å². The van der Waals surface area contributed by atoms with Crippen molar-refractivity contribution in [1.82, 2.24) is 10.2 Å². The molecule has 4 rings (SSSR count). The molecule has 0 aliphatic rings. The fraction of sp³-hybridized carbons (Fsp3) is 0. The molecule has 0 unspecified atom stereocenters. The van der Waals surface area contributed by atoms with Crippen LogP contribution < -0.4 is 9.50 Å². The summed E-state index contributed by atoms with van der Waals surface area (Å²) >= 11 is 0.883. The van der Waals surface area contributed by atoms with E-state index in [9.17, 15) is 30.8 Å². The minimum absolute atomic E-state index is 0.0411. The molecule has 0 aliphatic carbocycles. The Morgan fingerprint density at radius 3 is 1.97 bits per heavy atom. The summed E-state index contributed by atoms with van der Waals surface area (Å²) in [5, 5.41) is 10.1. The van der Waals surface area contributed by atoms with Crippen molar-refractivity contribution in [2.75, 3.05) is 5.32 Å². The number of anilines is 1. The van der Waals surface area contributed by atoms with Gasteiger partial charge < -0.3 is 4.18 Å². The molecule has 0 spiro atoms. The van der Waals surface area contributed by atoms with Crippen molar-refractivity contribution in [2.24, 2.45) is 0 Å². The summed E-state index contributed by atoms with van der Waals surface area (Å²) in [5.74, 6) is -5.94. The standard InChI is InChI=1S/C21H11F4N3O4S2/c22-13-3-1-4-14(23)17(13)19(29)26-21-28-27-20(33-21)11-7-9-12(10-8-11)32-34(30,31)18-15(24)5-2-6-16(18)25/h1-10H,(H,26,28,29). The van der Waals surface area contributed by atoms with Crippen LogP contribution >= 0.6 is 11.3 Å². The van der Waals surface area contributed by atoms with E-state index in [0.29, 0.717) is 5.56 Å². The predicted molar refractivity (Wildman–Crippen MR) is 114 cm³/mol.